The van der Waals surface area contributed by atoms with E-state index in [-0.39, 0.29) is 34.4 Å². The van der Waals surface area contributed by atoms with Gasteiger partial charge in [0.05, 0.1) is 28.7 Å². The fourth-order valence-corrected chi connectivity index (χ4v) is 4.43. The van der Waals surface area contributed by atoms with Crippen molar-refractivity contribution in [2.24, 2.45) is 0 Å². The van der Waals surface area contributed by atoms with Gasteiger partial charge in [-0.3, -0.25) is 0 Å². The van der Waals surface area contributed by atoms with Crippen LogP contribution in [0.25, 0.3) is 0 Å². The second-order valence-corrected chi connectivity index (χ2v) is 7.08. The summed E-state index contributed by atoms with van der Waals surface area (Å²) in [5, 5.41) is 9.15. The molecular weight excluding hydrogens is 296 g/mol. The van der Waals surface area contributed by atoms with Crippen LogP contribution in [0.5, 0.6) is 0 Å². The minimum absolute atomic E-state index is 0.105. The average Bonchev–Trinajstić information content (AvgIpc) is 2.99. The number of sulfonamides is 1. The summed E-state index contributed by atoms with van der Waals surface area (Å²) in [5.41, 5.74) is 5.40. The molecule has 2 bridgehead atoms. The van der Waals surface area contributed by atoms with E-state index in [1.807, 2.05) is 0 Å². The van der Waals surface area contributed by atoms with Gasteiger partial charge in [-0.05, 0) is 37.5 Å². The van der Waals surface area contributed by atoms with Crippen molar-refractivity contribution in [3.63, 3.8) is 0 Å². The van der Waals surface area contributed by atoms with Gasteiger partial charge in [0, 0.05) is 5.69 Å². The summed E-state index contributed by atoms with van der Waals surface area (Å²) in [6.45, 7) is 0. The van der Waals surface area contributed by atoms with E-state index in [2.05, 4.69) is 4.72 Å². The summed E-state index contributed by atoms with van der Waals surface area (Å²) in [6.07, 6.45) is 2.39. The van der Waals surface area contributed by atoms with Crippen molar-refractivity contribution in [3.05, 3.63) is 23.8 Å². The molecule has 3 rings (SSSR count). The van der Waals surface area contributed by atoms with E-state index in [9.17, 15) is 13.2 Å². The number of benzene rings is 1. The summed E-state index contributed by atoms with van der Waals surface area (Å²) in [5.74, 6) is -1.33. The van der Waals surface area contributed by atoms with E-state index < -0.39 is 16.0 Å². The molecule has 0 radical (unpaired) electrons. The molecule has 3 unspecified atom stereocenters. The molecule has 2 aliphatic rings. The molecule has 114 valence electrons. The number of rotatable bonds is 4. The highest BCUT2D eigenvalue weighted by atomic mass is 32.2. The predicted octanol–water partition coefficient (Wildman–Crippen LogP) is 0.565. The number of anilines is 1. The van der Waals surface area contributed by atoms with Crippen LogP contribution in [0.1, 0.15) is 29.6 Å². The van der Waals surface area contributed by atoms with Crippen molar-refractivity contribution in [3.8, 4) is 0 Å². The van der Waals surface area contributed by atoms with E-state index >= 15 is 0 Å². The van der Waals surface area contributed by atoms with E-state index in [1.54, 1.807) is 0 Å². The lowest BCUT2D eigenvalue weighted by Gasteiger charge is -2.20. The minimum atomic E-state index is -3.92. The molecule has 3 atom stereocenters. The Labute approximate surface area is 122 Å². The van der Waals surface area contributed by atoms with Crippen LogP contribution < -0.4 is 10.5 Å². The summed E-state index contributed by atoms with van der Waals surface area (Å²) in [6, 6.07) is 3.44. The van der Waals surface area contributed by atoms with Gasteiger partial charge < -0.3 is 15.6 Å². The first-order valence-electron chi connectivity index (χ1n) is 6.67. The zero-order valence-corrected chi connectivity index (χ0v) is 12.0. The Kier molecular flexibility index (Phi) is 3.39. The van der Waals surface area contributed by atoms with Crippen LogP contribution in [0.2, 0.25) is 0 Å². The van der Waals surface area contributed by atoms with Crippen LogP contribution in [-0.2, 0) is 14.8 Å². The van der Waals surface area contributed by atoms with Gasteiger partial charge >= 0.3 is 5.97 Å². The molecule has 0 spiro atoms. The molecule has 0 saturated carbocycles. The average molecular weight is 312 g/mol. The number of nitrogens with two attached hydrogens (primary N) is 1. The van der Waals surface area contributed by atoms with Gasteiger partial charge in [-0.15, -0.1) is 0 Å². The molecule has 2 saturated heterocycles. The highest BCUT2D eigenvalue weighted by Crippen LogP contribution is 2.35. The lowest BCUT2D eigenvalue weighted by Crippen LogP contribution is -2.41. The second kappa shape index (κ2) is 4.97. The third-order valence-corrected chi connectivity index (χ3v) is 5.48. The number of carboxylic acids is 1. The number of nitrogen functional groups attached to an aromatic ring is 1. The smallest absolute Gasteiger partial charge is 0.337 e. The van der Waals surface area contributed by atoms with E-state index in [0.717, 1.165) is 18.9 Å². The summed E-state index contributed by atoms with van der Waals surface area (Å²) in [4.78, 5) is 10.9. The molecule has 0 aromatic heterocycles. The molecular formula is C13H16N2O5S. The Morgan fingerprint density at radius 2 is 2.14 bits per heavy atom. The van der Waals surface area contributed by atoms with Gasteiger partial charge in [-0.25, -0.2) is 17.9 Å². The van der Waals surface area contributed by atoms with Crippen LogP contribution in [0.3, 0.4) is 0 Å². The largest absolute Gasteiger partial charge is 0.478 e. The predicted molar refractivity (Wildman–Crippen MR) is 74.4 cm³/mol. The zero-order valence-electron chi connectivity index (χ0n) is 11.2. The third-order valence-electron chi connectivity index (χ3n) is 3.94. The standard InChI is InChI=1S/C13H16N2O5S/c14-7-1-4-12(9(5-7)13(16)17)21(18,19)15-10-6-8-2-3-11(10)20-8/h1,4-5,8,10-11,15H,2-3,6,14H2,(H,16,17). The molecule has 2 fully saturated rings. The number of carbonyl (C=O) groups is 1. The van der Waals surface area contributed by atoms with E-state index in [4.69, 9.17) is 15.6 Å². The van der Waals surface area contributed by atoms with Crippen molar-refractivity contribution >= 4 is 21.7 Å². The van der Waals surface area contributed by atoms with Crippen molar-refractivity contribution in [1.29, 1.82) is 0 Å². The summed E-state index contributed by atoms with van der Waals surface area (Å²) in [7, 11) is -3.92. The molecule has 1 aromatic rings. The van der Waals surface area contributed by atoms with Crippen LogP contribution in [0.4, 0.5) is 5.69 Å². The molecule has 0 aliphatic carbocycles. The number of hydrogen-bond acceptors (Lipinski definition) is 5. The van der Waals surface area contributed by atoms with Gasteiger partial charge in [0.1, 0.15) is 0 Å². The van der Waals surface area contributed by atoms with Crippen LogP contribution in [-0.4, -0.2) is 37.7 Å². The summed E-state index contributed by atoms with van der Waals surface area (Å²) >= 11 is 0. The fourth-order valence-electron chi connectivity index (χ4n) is 2.97. The Balaban J connectivity index is 1.90. The minimum Gasteiger partial charge on any atom is -0.478 e. The Morgan fingerprint density at radius 3 is 2.71 bits per heavy atom. The van der Waals surface area contributed by atoms with Gasteiger partial charge in [-0.2, -0.15) is 0 Å². The lowest BCUT2D eigenvalue weighted by atomic mass is 9.96. The number of fused-ring (bicyclic) bond motifs is 2. The van der Waals surface area contributed by atoms with E-state index in [1.165, 1.54) is 12.1 Å². The topological polar surface area (TPSA) is 119 Å². The Morgan fingerprint density at radius 1 is 1.38 bits per heavy atom. The fraction of sp³-hybridized carbons (Fsp3) is 0.462. The van der Waals surface area contributed by atoms with Gasteiger partial charge in [-0.1, -0.05) is 0 Å². The van der Waals surface area contributed by atoms with Gasteiger partial charge in [0.2, 0.25) is 10.0 Å². The monoisotopic (exact) mass is 312 g/mol. The summed E-state index contributed by atoms with van der Waals surface area (Å²) < 4.78 is 33.0. The highest BCUT2D eigenvalue weighted by Gasteiger charge is 2.43. The number of carboxylic acid groups (broad SMARTS) is 1. The number of hydrogen-bond donors (Lipinski definition) is 3. The Hall–Kier alpha value is -1.64. The molecule has 2 aliphatic heterocycles. The molecule has 7 nitrogen and oxygen atoms in total. The SMILES string of the molecule is Nc1ccc(S(=O)(=O)NC2CC3CCC2O3)c(C(=O)O)c1. The first kappa shape index (κ1) is 14.3. The molecule has 0 amide bonds. The molecule has 2 heterocycles. The lowest BCUT2D eigenvalue weighted by molar-refractivity contribution is 0.0692. The van der Waals surface area contributed by atoms with E-state index in [0.29, 0.717) is 6.42 Å². The first-order valence-corrected chi connectivity index (χ1v) is 8.16. The molecule has 1 aromatic carbocycles. The number of ether oxygens (including phenoxy) is 1. The normalized spacial score (nSPS) is 27.9. The number of aromatic carboxylic acids is 1. The Bertz CT molecular complexity index is 688. The molecule has 4 N–H and O–H groups in total. The highest BCUT2D eigenvalue weighted by molar-refractivity contribution is 7.89. The van der Waals surface area contributed by atoms with Gasteiger partial charge in [0.25, 0.3) is 0 Å². The molecule has 8 heteroatoms. The maximum Gasteiger partial charge on any atom is 0.337 e. The molecule has 21 heavy (non-hydrogen) atoms. The van der Waals surface area contributed by atoms with Crippen molar-refractivity contribution in [1.82, 2.24) is 4.72 Å². The first-order chi connectivity index (χ1) is 9.87. The second-order valence-electron chi connectivity index (χ2n) is 5.40. The van der Waals surface area contributed by atoms with Gasteiger partial charge in [0.15, 0.2) is 0 Å². The van der Waals surface area contributed by atoms with Crippen molar-refractivity contribution in [2.75, 3.05) is 5.73 Å². The van der Waals surface area contributed by atoms with Crippen LogP contribution in [0, 0.1) is 0 Å². The van der Waals surface area contributed by atoms with Crippen LogP contribution >= 0.6 is 0 Å². The van der Waals surface area contributed by atoms with Crippen LogP contribution in [0.15, 0.2) is 23.1 Å². The quantitative estimate of drug-likeness (QED) is 0.699. The maximum atomic E-state index is 12.4. The van der Waals surface area contributed by atoms with Crippen molar-refractivity contribution < 1.29 is 23.1 Å². The zero-order chi connectivity index (χ0) is 15.2. The van der Waals surface area contributed by atoms with Crippen molar-refractivity contribution in [2.45, 2.75) is 42.4 Å². The number of nitrogens with one attached hydrogen (secondary N) is 1. The maximum absolute atomic E-state index is 12.4. The third kappa shape index (κ3) is 2.61.